The summed E-state index contributed by atoms with van der Waals surface area (Å²) in [6, 6.07) is 8.51. The SMILES string of the molecule is Cc1cccc(NC(C)(CN)CC2CC2)c1. The summed E-state index contributed by atoms with van der Waals surface area (Å²) in [7, 11) is 0. The third-order valence-electron chi connectivity index (χ3n) is 3.35. The Kier molecular flexibility index (Phi) is 3.20. The lowest BCUT2D eigenvalue weighted by atomic mass is 9.94. The van der Waals surface area contributed by atoms with Crippen LogP contribution in [0.5, 0.6) is 0 Å². The van der Waals surface area contributed by atoms with Gasteiger partial charge in [-0.1, -0.05) is 25.0 Å². The molecule has 0 radical (unpaired) electrons. The van der Waals surface area contributed by atoms with Crippen molar-refractivity contribution in [3.8, 4) is 0 Å². The summed E-state index contributed by atoms with van der Waals surface area (Å²) in [5, 5.41) is 3.59. The molecule has 3 N–H and O–H groups in total. The van der Waals surface area contributed by atoms with Crippen LogP contribution >= 0.6 is 0 Å². The van der Waals surface area contributed by atoms with Crippen molar-refractivity contribution in [2.24, 2.45) is 11.7 Å². The van der Waals surface area contributed by atoms with E-state index in [0.717, 1.165) is 5.92 Å². The van der Waals surface area contributed by atoms with Crippen molar-refractivity contribution in [3.63, 3.8) is 0 Å². The minimum absolute atomic E-state index is 0.0506. The molecular weight excluding hydrogens is 196 g/mol. The zero-order valence-corrected chi connectivity index (χ0v) is 10.3. The lowest BCUT2D eigenvalue weighted by Gasteiger charge is -2.31. The molecule has 0 saturated heterocycles. The van der Waals surface area contributed by atoms with Gasteiger partial charge in [0.25, 0.3) is 0 Å². The van der Waals surface area contributed by atoms with Crippen LogP contribution in [0.1, 0.15) is 31.7 Å². The fourth-order valence-corrected chi connectivity index (χ4v) is 2.22. The van der Waals surface area contributed by atoms with Gasteiger partial charge in [-0.2, -0.15) is 0 Å². The molecule has 16 heavy (non-hydrogen) atoms. The predicted molar refractivity (Wildman–Crippen MR) is 69.6 cm³/mol. The highest BCUT2D eigenvalue weighted by Gasteiger charge is 2.32. The second-order valence-corrected chi connectivity index (χ2v) is 5.41. The largest absolute Gasteiger partial charge is 0.379 e. The molecule has 0 aromatic heterocycles. The summed E-state index contributed by atoms with van der Waals surface area (Å²) < 4.78 is 0. The van der Waals surface area contributed by atoms with Crippen LogP contribution in [0.3, 0.4) is 0 Å². The molecule has 2 heteroatoms. The van der Waals surface area contributed by atoms with Crippen LogP contribution in [0.2, 0.25) is 0 Å². The van der Waals surface area contributed by atoms with Gasteiger partial charge in [-0.15, -0.1) is 0 Å². The number of hydrogen-bond donors (Lipinski definition) is 2. The van der Waals surface area contributed by atoms with Gasteiger partial charge in [-0.05, 0) is 43.9 Å². The number of rotatable bonds is 5. The van der Waals surface area contributed by atoms with E-state index in [4.69, 9.17) is 5.73 Å². The van der Waals surface area contributed by atoms with Crippen LogP contribution in [0.4, 0.5) is 5.69 Å². The molecular formula is C14H22N2. The van der Waals surface area contributed by atoms with Crippen molar-refractivity contribution in [2.45, 2.75) is 38.6 Å². The first-order valence-electron chi connectivity index (χ1n) is 6.16. The maximum atomic E-state index is 5.91. The number of benzene rings is 1. The molecule has 0 heterocycles. The van der Waals surface area contributed by atoms with E-state index in [2.05, 4.69) is 43.4 Å². The molecule has 1 atom stereocenters. The molecule has 1 aromatic rings. The van der Waals surface area contributed by atoms with Crippen molar-refractivity contribution >= 4 is 5.69 Å². The Morgan fingerprint density at radius 2 is 2.19 bits per heavy atom. The first kappa shape index (κ1) is 11.5. The summed E-state index contributed by atoms with van der Waals surface area (Å²) >= 11 is 0. The van der Waals surface area contributed by atoms with Gasteiger partial charge >= 0.3 is 0 Å². The van der Waals surface area contributed by atoms with Crippen LogP contribution in [-0.2, 0) is 0 Å². The predicted octanol–water partition coefficient (Wildman–Crippen LogP) is 2.92. The standard InChI is InChI=1S/C14H22N2/c1-11-4-3-5-13(8-11)16-14(2,10-15)9-12-6-7-12/h3-5,8,12,16H,6-7,9-10,15H2,1-2H3. The van der Waals surface area contributed by atoms with Gasteiger partial charge in [0.05, 0.1) is 0 Å². The summed E-state index contributed by atoms with van der Waals surface area (Å²) in [5.41, 5.74) is 8.43. The first-order valence-corrected chi connectivity index (χ1v) is 6.16. The van der Waals surface area contributed by atoms with Crippen molar-refractivity contribution in [3.05, 3.63) is 29.8 Å². The monoisotopic (exact) mass is 218 g/mol. The Morgan fingerprint density at radius 1 is 1.44 bits per heavy atom. The van der Waals surface area contributed by atoms with Gasteiger partial charge in [0.15, 0.2) is 0 Å². The molecule has 1 fully saturated rings. The van der Waals surface area contributed by atoms with Gasteiger partial charge in [-0.25, -0.2) is 0 Å². The first-order chi connectivity index (χ1) is 7.61. The highest BCUT2D eigenvalue weighted by atomic mass is 15.0. The summed E-state index contributed by atoms with van der Waals surface area (Å²) in [5.74, 6) is 0.894. The Bertz CT molecular complexity index is 358. The molecule has 1 aromatic carbocycles. The zero-order chi connectivity index (χ0) is 11.6. The minimum Gasteiger partial charge on any atom is -0.379 e. The van der Waals surface area contributed by atoms with Crippen LogP contribution in [0, 0.1) is 12.8 Å². The maximum Gasteiger partial charge on any atom is 0.0470 e. The summed E-state index contributed by atoms with van der Waals surface area (Å²) in [4.78, 5) is 0. The molecule has 1 unspecified atom stereocenters. The normalized spacial score (nSPS) is 19.2. The van der Waals surface area contributed by atoms with Crippen molar-refractivity contribution < 1.29 is 0 Å². The second kappa shape index (κ2) is 4.46. The minimum atomic E-state index is 0.0506. The lowest BCUT2D eigenvalue weighted by molar-refractivity contribution is 0.453. The van der Waals surface area contributed by atoms with Crippen LogP contribution < -0.4 is 11.1 Å². The average molecular weight is 218 g/mol. The second-order valence-electron chi connectivity index (χ2n) is 5.41. The van der Waals surface area contributed by atoms with E-state index in [9.17, 15) is 0 Å². The Balaban J connectivity index is 2.04. The van der Waals surface area contributed by atoms with Crippen LogP contribution in [0.15, 0.2) is 24.3 Å². The lowest BCUT2D eigenvalue weighted by Crippen LogP contribution is -2.43. The molecule has 0 aliphatic heterocycles. The maximum absolute atomic E-state index is 5.91. The highest BCUT2D eigenvalue weighted by Crippen LogP contribution is 2.37. The van der Waals surface area contributed by atoms with Crippen molar-refractivity contribution in [1.82, 2.24) is 0 Å². The van der Waals surface area contributed by atoms with Crippen molar-refractivity contribution in [2.75, 3.05) is 11.9 Å². The average Bonchev–Trinajstić information content (AvgIpc) is 3.01. The molecule has 1 saturated carbocycles. The van der Waals surface area contributed by atoms with Crippen molar-refractivity contribution in [1.29, 1.82) is 0 Å². The topological polar surface area (TPSA) is 38.0 Å². The third kappa shape index (κ3) is 2.99. The molecule has 0 amide bonds. The van der Waals surface area contributed by atoms with E-state index in [1.165, 1.54) is 30.5 Å². The van der Waals surface area contributed by atoms with E-state index >= 15 is 0 Å². The van der Waals surface area contributed by atoms with E-state index in [-0.39, 0.29) is 5.54 Å². The quantitative estimate of drug-likeness (QED) is 0.797. The number of aryl methyl sites for hydroxylation is 1. The van der Waals surface area contributed by atoms with Gasteiger partial charge < -0.3 is 11.1 Å². The third-order valence-corrected chi connectivity index (χ3v) is 3.35. The molecule has 1 aliphatic rings. The Hall–Kier alpha value is -1.02. The molecule has 88 valence electrons. The molecule has 2 nitrogen and oxygen atoms in total. The fourth-order valence-electron chi connectivity index (χ4n) is 2.22. The number of nitrogens with two attached hydrogens (primary N) is 1. The van der Waals surface area contributed by atoms with E-state index in [0.29, 0.717) is 6.54 Å². The fraction of sp³-hybridized carbons (Fsp3) is 0.571. The zero-order valence-electron chi connectivity index (χ0n) is 10.3. The van der Waals surface area contributed by atoms with E-state index in [1.54, 1.807) is 0 Å². The molecule has 1 aliphatic carbocycles. The number of hydrogen-bond acceptors (Lipinski definition) is 2. The van der Waals surface area contributed by atoms with Gasteiger partial charge in [-0.3, -0.25) is 0 Å². The smallest absolute Gasteiger partial charge is 0.0470 e. The molecule has 0 spiro atoms. The van der Waals surface area contributed by atoms with Gasteiger partial charge in [0, 0.05) is 17.8 Å². The van der Waals surface area contributed by atoms with E-state index in [1.807, 2.05) is 0 Å². The Labute approximate surface area is 98.2 Å². The highest BCUT2D eigenvalue weighted by molar-refractivity contribution is 5.47. The van der Waals surface area contributed by atoms with Gasteiger partial charge in [0.2, 0.25) is 0 Å². The summed E-state index contributed by atoms with van der Waals surface area (Å²) in [6.45, 7) is 5.04. The molecule has 2 rings (SSSR count). The summed E-state index contributed by atoms with van der Waals surface area (Å²) in [6.07, 6.45) is 3.95. The Morgan fingerprint density at radius 3 is 2.75 bits per heavy atom. The number of nitrogens with one attached hydrogen (secondary N) is 1. The van der Waals surface area contributed by atoms with Gasteiger partial charge in [0.1, 0.15) is 0 Å². The van der Waals surface area contributed by atoms with Crippen LogP contribution in [0.25, 0.3) is 0 Å². The molecule has 0 bridgehead atoms. The number of anilines is 1. The van der Waals surface area contributed by atoms with Crippen LogP contribution in [-0.4, -0.2) is 12.1 Å². The van der Waals surface area contributed by atoms with E-state index < -0.39 is 0 Å².